The number of nitrogens with zero attached hydrogens (tertiary/aromatic N) is 3. The first-order chi connectivity index (χ1) is 12.6. The Balaban J connectivity index is 1.56. The van der Waals surface area contributed by atoms with E-state index in [1.165, 1.54) is 5.39 Å². The number of aromatic nitrogens is 3. The van der Waals surface area contributed by atoms with E-state index >= 15 is 0 Å². The maximum absolute atomic E-state index is 12.7. The molecule has 1 aromatic carbocycles. The molecule has 2 aromatic heterocycles. The van der Waals surface area contributed by atoms with Gasteiger partial charge in [-0.05, 0) is 37.7 Å². The summed E-state index contributed by atoms with van der Waals surface area (Å²) in [6.07, 6.45) is 2.97. The Morgan fingerprint density at radius 3 is 3.08 bits per heavy atom. The van der Waals surface area contributed by atoms with E-state index in [2.05, 4.69) is 56.7 Å². The summed E-state index contributed by atoms with van der Waals surface area (Å²) in [5, 5.41) is 14.7. The van der Waals surface area contributed by atoms with Crippen LogP contribution in [0.15, 0.2) is 30.5 Å². The number of carbonyl (C=O) groups is 1. The molecule has 1 aliphatic rings. The van der Waals surface area contributed by atoms with Crippen molar-refractivity contribution in [1.82, 2.24) is 25.0 Å². The third-order valence-corrected chi connectivity index (χ3v) is 4.84. The molecular weight excluding hydrogens is 328 g/mol. The van der Waals surface area contributed by atoms with Crippen molar-refractivity contribution in [1.29, 1.82) is 0 Å². The molecule has 0 saturated heterocycles. The van der Waals surface area contributed by atoms with Crippen molar-refractivity contribution < 1.29 is 4.79 Å². The van der Waals surface area contributed by atoms with Crippen LogP contribution in [-0.4, -0.2) is 52.8 Å². The topological polar surface area (TPSA) is 78.0 Å². The third kappa shape index (κ3) is 3.23. The summed E-state index contributed by atoms with van der Waals surface area (Å²) < 4.78 is 2.21. The lowest BCUT2D eigenvalue weighted by molar-refractivity contribution is 0.102. The number of fused-ring (bicyclic) bond motifs is 2. The second kappa shape index (κ2) is 6.93. The van der Waals surface area contributed by atoms with Gasteiger partial charge in [0.05, 0.1) is 5.52 Å². The van der Waals surface area contributed by atoms with E-state index in [1.807, 2.05) is 18.2 Å². The fourth-order valence-electron chi connectivity index (χ4n) is 3.37. The minimum absolute atomic E-state index is 0.169. The Labute approximate surface area is 152 Å². The SMILES string of the molecule is CN(C)CCn1ccc2ccc(NC(=O)c3n[nH]c4c3CNCC4)cc21. The summed E-state index contributed by atoms with van der Waals surface area (Å²) in [6, 6.07) is 8.11. The number of likely N-dealkylation sites (N-methyl/N-ethyl adjacent to an activating group) is 1. The van der Waals surface area contributed by atoms with Gasteiger partial charge < -0.3 is 20.1 Å². The molecule has 1 aliphatic heterocycles. The molecule has 4 rings (SSSR count). The molecule has 0 fully saturated rings. The number of rotatable bonds is 5. The fraction of sp³-hybridized carbons (Fsp3) is 0.368. The molecule has 7 nitrogen and oxygen atoms in total. The van der Waals surface area contributed by atoms with Crippen molar-refractivity contribution >= 4 is 22.5 Å². The Morgan fingerprint density at radius 1 is 1.35 bits per heavy atom. The summed E-state index contributed by atoms with van der Waals surface area (Å²) in [5.41, 5.74) is 4.42. The Hall–Kier alpha value is -2.64. The molecule has 7 heteroatoms. The van der Waals surface area contributed by atoms with Crippen molar-refractivity contribution in [3.8, 4) is 0 Å². The second-order valence-corrected chi connectivity index (χ2v) is 7.00. The van der Waals surface area contributed by atoms with Crippen LogP contribution in [0.25, 0.3) is 10.9 Å². The van der Waals surface area contributed by atoms with Crippen molar-refractivity contribution in [2.45, 2.75) is 19.5 Å². The van der Waals surface area contributed by atoms with Gasteiger partial charge in [0.1, 0.15) is 0 Å². The highest BCUT2D eigenvalue weighted by Crippen LogP contribution is 2.22. The van der Waals surface area contributed by atoms with Gasteiger partial charge in [0, 0.05) is 55.7 Å². The van der Waals surface area contributed by atoms with E-state index in [0.29, 0.717) is 12.2 Å². The molecule has 26 heavy (non-hydrogen) atoms. The zero-order valence-electron chi connectivity index (χ0n) is 15.2. The van der Waals surface area contributed by atoms with Gasteiger partial charge in [-0.25, -0.2) is 0 Å². The van der Waals surface area contributed by atoms with Gasteiger partial charge in [-0.3, -0.25) is 9.89 Å². The number of hydrogen-bond donors (Lipinski definition) is 3. The molecule has 0 atom stereocenters. The van der Waals surface area contributed by atoms with Gasteiger partial charge >= 0.3 is 0 Å². The Morgan fingerprint density at radius 2 is 2.23 bits per heavy atom. The number of anilines is 1. The van der Waals surface area contributed by atoms with Crippen LogP contribution >= 0.6 is 0 Å². The Kier molecular flexibility index (Phi) is 4.48. The lowest BCUT2D eigenvalue weighted by Crippen LogP contribution is -2.25. The highest BCUT2D eigenvalue weighted by molar-refractivity contribution is 6.04. The molecule has 0 bridgehead atoms. The molecule has 0 radical (unpaired) electrons. The molecule has 0 unspecified atom stereocenters. The molecule has 3 heterocycles. The van der Waals surface area contributed by atoms with E-state index in [4.69, 9.17) is 0 Å². The number of nitrogens with one attached hydrogen (secondary N) is 3. The average Bonchev–Trinajstić information content (AvgIpc) is 3.23. The first-order valence-corrected chi connectivity index (χ1v) is 8.93. The lowest BCUT2D eigenvalue weighted by atomic mass is 10.1. The number of amides is 1. The van der Waals surface area contributed by atoms with Crippen LogP contribution in [0.4, 0.5) is 5.69 Å². The summed E-state index contributed by atoms with van der Waals surface area (Å²) in [7, 11) is 4.13. The summed E-state index contributed by atoms with van der Waals surface area (Å²) in [4.78, 5) is 14.8. The smallest absolute Gasteiger partial charge is 0.276 e. The summed E-state index contributed by atoms with van der Waals surface area (Å²) in [5.74, 6) is -0.169. The van der Waals surface area contributed by atoms with Crippen LogP contribution in [0, 0.1) is 0 Å². The Bertz CT molecular complexity index is 939. The predicted molar refractivity (Wildman–Crippen MR) is 102 cm³/mol. The minimum atomic E-state index is -0.169. The van der Waals surface area contributed by atoms with E-state index in [9.17, 15) is 4.79 Å². The summed E-state index contributed by atoms with van der Waals surface area (Å²) in [6.45, 7) is 3.47. The van der Waals surface area contributed by atoms with Crippen LogP contribution in [-0.2, 0) is 19.5 Å². The quantitative estimate of drug-likeness (QED) is 0.655. The van der Waals surface area contributed by atoms with Gasteiger partial charge in [-0.15, -0.1) is 0 Å². The van der Waals surface area contributed by atoms with Gasteiger partial charge in [0.25, 0.3) is 5.91 Å². The molecule has 0 saturated carbocycles. The van der Waals surface area contributed by atoms with Gasteiger partial charge in [0.15, 0.2) is 5.69 Å². The van der Waals surface area contributed by atoms with Crippen molar-refractivity contribution in [3.63, 3.8) is 0 Å². The molecular formula is C19H24N6O. The number of H-pyrrole nitrogens is 1. The number of aromatic amines is 1. The van der Waals surface area contributed by atoms with Crippen LogP contribution < -0.4 is 10.6 Å². The molecule has 0 aliphatic carbocycles. The highest BCUT2D eigenvalue weighted by atomic mass is 16.1. The minimum Gasteiger partial charge on any atom is -0.346 e. The largest absolute Gasteiger partial charge is 0.346 e. The van der Waals surface area contributed by atoms with Gasteiger partial charge in [-0.1, -0.05) is 6.07 Å². The normalized spacial score (nSPS) is 14.0. The fourth-order valence-corrected chi connectivity index (χ4v) is 3.37. The second-order valence-electron chi connectivity index (χ2n) is 7.00. The van der Waals surface area contributed by atoms with Gasteiger partial charge in [-0.2, -0.15) is 5.10 Å². The first-order valence-electron chi connectivity index (χ1n) is 8.93. The van der Waals surface area contributed by atoms with Crippen molar-refractivity contribution in [2.75, 3.05) is 32.5 Å². The molecule has 136 valence electrons. The van der Waals surface area contributed by atoms with Crippen LogP contribution in [0.5, 0.6) is 0 Å². The molecule has 3 aromatic rings. The van der Waals surface area contributed by atoms with Crippen LogP contribution in [0.3, 0.4) is 0 Å². The predicted octanol–water partition coefficient (Wildman–Crippen LogP) is 1.82. The maximum atomic E-state index is 12.7. The number of carbonyl (C=O) groups excluding carboxylic acids is 1. The van der Waals surface area contributed by atoms with Crippen LogP contribution in [0.2, 0.25) is 0 Å². The first kappa shape index (κ1) is 16.8. The van der Waals surface area contributed by atoms with E-state index in [-0.39, 0.29) is 5.91 Å². The molecule has 3 N–H and O–H groups in total. The zero-order valence-corrected chi connectivity index (χ0v) is 15.2. The molecule has 1 amide bonds. The summed E-state index contributed by atoms with van der Waals surface area (Å²) >= 11 is 0. The van der Waals surface area contributed by atoms with E-state index in [1.54, 1.807) is 0 Å². The number of hydrogen-bond acceptors (Lipinski definition) is 4. The maximum Gasteiger partial charge on any atom is 0.276 e. The van der Waals surface area contributed by atoms with Crippen LogP contribution in [0.1, 0.15) is 21.7 Å². The zero-order chi connectivity index (χ0) is 18.1. The standard InChI is InChI=1S/C19H24N6O/c1-24(2)9-10-25-8-6-13-3-4-14(11-17(13)25)21-19(26)18-15-12-20-7-5-16(15)22-23-18/h3-4,6,8,11,20H,5,7,9-10,12H2,1-2H3,(H,21,26)(H,22,23). The van der Waals surface area contributed by atoms with E-state index < -0.39 is 0 Å². The number of benzene rings is 1. The van der Waals surface area contributed by atoms with E-state index in [0.717, 1.165) is 48.5 Å². The average molecular weight is 352 g/mol. The highest BCUT2D eigenvalue weighted by Gasteiger charge is 2.21. The van der Waals surface area contributed by atoms with Gasteiger partial charge in [0.2, 0.25) is 0 Å². The third-order valence-electron chi connectivity index (χ3n) is 4.84. The monoisotopic (exact) mass is 352 g/mol. The molecule has 0 spiro atoms. The lowest BCUT2D eigenvalue weighted by Gasteiger charge is -2.13. The van der Waals surface area contributed by atoms with Crippen molar-refractivity contribution in [3.05, 3.63) is 47.4 Å². The van der Waals surface area contributed by atoms with Crippen molar-refractivity contribution in [2.24, 2.45) is 0 Å².